The van der Waals surface area contributed by atoms with Gasteiger partial charge in [0.05, 0.1) is 11.4 Å². The lowest BCUT2D eigenvalue weighted by Gasteiger charge is -2.06. The number of rotatable bonds is 3. The normalized spacial score (nSPS) is 10.8. The Morgan fingerprint density at radius 2 is 2.06 bits per heavy atom. The first kappa shape index (κ1) is 12.0. The summed E-state index contributed by atoms with van der Waals surface area (Å²) in [4.78, 5) is 5.43. The van der Waals surface area contributed by atoms with Gasteiger partial charge in [-0.1, -0.05) is 12.1 Å². The van der Waals surface area contributed by atoms with E-state index in [1.54, 1.807) is 11.8 Å². The third-order valence-corrected chi connectivity index (χ3v) is 3.77. The summed E-state index contributed by atoms with van der Waals surface area (Å²) in [7, 11) is 0. The van der Waals surface area contributed by atoms with Gasteiger partial charge in [0.1, 0.15) is 5.76 Å². The molecule has 0 radical (unpaired) electrons. The van der Waals surface area contributed by atoms with E-state index in [1.807, 2.05) is 39.0 Å². The van der Waals surface area contributed by atoms with Crippen LogP contribution in [0.3, 0.4) is 0 Å². The molecular formula is C13H16N2OS. The zero-order valence-electron chi connectivity index (χ0n) is 10.3. The highest BCUT2D eigenvalue weighted by molar-refractivity contribution is 7.98. The van der Waals surface area contributed by atoms with Gasteiger partial charge in [-0.25, -0.2) is 4.98 Å². The van der Waals surface area contributed by atoms with Crippen LogP contribution in [0.25, 0.3) is 0 Å². The highest BCUT2D eigenvalue weighted by Gasteiger charge is 2.08. The van der Waals surface area contributed by atoms with Crippen molar-refractivity contribution in [2.75, 3.05) is 5.73 Å². The maximum atomic E-state index is 6.01. The maximum absolute atomic E-state index is 6.01. The Labute approximate surface area is 105 Å². The molecule has 17 heavy (non-hydrogen) atoms. The number of anilines is 1. The summed E-state index contributed by atoms with van der Waals surface area (Å²) in [5.41, 5.74) is 8.92. The average Bonchev–Trinajstić information content (AvgIpc) is 2.61. The number of aryl methyl sites for hydroxylation is 3. The van der Waals surface area contributed by atoms with Crippen LogP contribution in [0.15, 0.2) is 27.5 Å². The Morgan fingerprint density at radius 3 is 2.71 bits per heavy atom. The molecule has 2 N–H and O–H groups in total. The molecule has 0 aliphatic carbocycles. The molecule has 2 rings (SSSR count). The molecule has 0 saturated carbocycles. The monoisotopic (exact) mass is 248 g/mol. The van der Waals surface area contributed by atoms with E-state index >= 15 is 0 Å². The van der Waals surface area contributed by atoms with Gasteiger partial charge in [-0.15, -0.1) is 11.8 Å². The van der Waals surface area contributed by atoms with E-state index < -0.39 is 0 Å². The minimum absolute atomic E-state index is 0.711. The summed E-state index contributed by atoms with van der Waals surface area (Å²) in [6.07, 6.45) is 0. The van der Waals surface area contributed by atoms with Gasteiger partial charge < -0.3 is 10.2 Å². The summed E-state index contributed by atoms with van der Waals surface area (Å²) >= 11 is 1.66. The van der Waals surface area contributed by atoms with Crippen molar-refractivity contribution in [2.24, 2.45) is 0 Å². The lowest BCUT2D eigenvalue weighted by Crippen LogP contribution is -1.92. The number of nitrogens with zero attached hydrogens (tertiary/aromatic N) is 1. The van der Waals surface area contributed by atoms with Crippen LogP contribution in [-0.4, -0.2) is 4.98 Å². The summed E-state index contributed by atoms with van der Waals surface area (Å²) in [5.74, 6) is 2.35. The van der Waals surface area contributed by atoms with Crippen LogP contribution in [0.4, 0.5) is 5.69 Å². The van der Waals surface area contributed by atoms with Crippen LogP contribution in [0.5, 0.6) is 0 Å². The van der Waals surface area contributed by atoms with E-state index in [9.17, 15) is 0 Å². The fourth-order valence-corrected chi connectivity index (χ4v) is 2.41. The topological polar surface area (TPSA) is 52.0 Å². The molecule has 0 bridgehead atoms. The number of benzene rings is 1. The van der Waals surface area contributed by atoms with Crippen molar-refractivity contribution in [1.29, 1.82) is 0 Å². The van der Waals surface area contributed by atoms with E-state index in [2.05, 4.69) is 4.98 Å². The molecule has 1 aromatic heterocycles. The van der Waals surface area contributed by atoms with Gasteiger partial charge >= 0.3 is 0 Å². The van der Waals surface area contributed by atoms with Crippen molar-refractivity contribution in [2.45, 2.75) is 31.4 Å². The van der Waals surface area contributed by atoms with Crippen molar-refractivity contribution in [1.82, 2.24) is 4.98 Å². The Morgan fingerprint density at radius 1 is 1.29 bits per heavy atom. The van der Waals surface area contributed by atoms with Gasteiger partial charge in [0.25, 0.3) is 0 Å². The molecule has 4 heteroatoms. The van der Waals surface area contributed by atoms with Crippen LogP contribution >= 0.6 is 11.8 Å². The van der Waals surface area contributed by atoms with Crippen molar-refractivity contribution in [3.05, 3.63) is 41.1 Å². The van der Waals surface area contributed by atoms with E-state index in [0.717, 1.165) is 33.5 Å². The van der Waals surface area contributed by atoms with E-state index in [4.69, 9.17) is 10.2 Å². The van der Waals surface area contributed by atoms with Crippen LogP contribution in [0.1, 0.15) is 22.9 Å². The number of hydrogen-bond acceptors (Lipinski definition) is 4. The smallest absolute Gasteiger partial charge is 0.204 e. The molecule has 0 saturated heterocycles. The average molecular weight is 248 g/mol. The Hall–Kier alpha value is -1.42. The van der Waals surface area contributed by atoms with E-state index in [1.165, 1.54) is 0 Å². The predicted molar refractivity (Wildman–Crippen MR) is 71.1 cm³/mol. The van der Waals surface area contributed by atoms with Crippen molar-refractivity contribution < 1.29 is 4.42 Å². The fourth-order valence-electron chi connectivity index (χ4n) is 1.52. The van der Waals surface area contributed by atoms with E-state index in [0.29, 0.717) is 5.75 Å². The molecule has 0 atom stereocenters. The first-order valence-electron chi connectivity index (χ1n) is 5.48. The predicted octanol–water partition coefficient (Wildman–Crippen LogP) is 3.47. The molecule has 2 aromatic rings. The third kappa shape index (κ3) is 2.64. The molecular weight excluding hydrogens is 232 g/mol. The highest BCUT2D eigenvalue weighted by atomic mass is 32.2. The number of thioether (sulfide) groups is 1. The maximum Gasteiger partial charge on any atom is 0.204 e. The summed E-state index contributed by atoms with van der Waals surface area (Å²) in [5, 5.41) is 0. The second-order valence-electron chi connectivity index (χ2n) is 4.02. The molecule has 3 nitrogen and oxygen atoms in total. The number of nitrogen functional groups attached to an aromatic ring is 1. The van der Waals surface area contributed by atoms with Gasteiger partial charge in [-0.2, -0.15) is 0 Å². The second kappa shape index (κ2) is 4.84. The minimum Gasteiger partial charge on any atom is -0.445 e. The van der Waals surface area contributed by atoms with Gasteiger partial charge in [-0.05, 0) is 32.4 Å². The van der Waals surface area contributed by atoms with Crippen LogP contribution in [-0.2, 0) is 5.75 Å². The Bertz CT molecular complexity index is 515. The molecule has 0 spiro atoms. The van der Waals surface area contributed by atoms with Crippen LogP contribution in [0, 0.1) is 20.8 Å². The summed E-state index contributed by atoms with van der Waals surface area (Å²) in [6, 6.07) is 6.05. The number of aromatic nitrogens is 1. The zero-order valence-corrected chi connectivity index (χ0v) is 11.1. The molecule has 1 aromatic carbocycles. The highest BCUT2D eigenvalue weighted by Crippen LogP contribution is 2.30. The Kier molecular flexibility index (Phi) is 3.43. The SMILES string of the molecule is Cc1cccc(SCc2nc(C)c(C)o2)c1N. The molecule has 90 valence electrons. The lowest BCUT2D eigenvalue weighted by atomic mass is 10.2. The molecule has 0 aliphatic heterocycles. The van der Waals surface area contributed by atoms with Crippen LogP contribution in [0.2, 0.25) is 0 Å². The van der Waals surface area contributed by atoms with Gasteiger partial charge in [0.2, 0.25) is 5.89 Å². The number of oxazole rings is 1. The largest absolute Gasteiger partial charge is 0.445 e. The van der Waals surface area contributed by atoms with Crippen molar-refractivity contribution >= 4 is 17.4 Å². The third-order valence-electron chi connectivity index (χ3n) is 2.71. The standard InChI is InChI=1S/C13H16N2OS/c1-8-5-4-6-11(13(8)14)17-7-12-15-9(2)10(3)16-12/h4-6H,7,14H2,1-3H3. The quantitative estimate of drug-likeness (QED) is 0.667. The molecule has 0 unspecified atom stereocenters. The van der Waals surface area contributed by atoms with Crippen LogP contribution < -0.4 is 5.73 Å². The van der Waals surface area contributed by atoms with Gasteiger partial charge in [-0.3, -0.25) is 0 Å². The minimum atomic E-state index is 0.711. The zero-order chi connectivity index (χ0) is 12.4. The van der Waals surface area contributed by atoms with Crippen molar-refractivity contribution in [3.63, 3.8) is 0 Å². The fraction of sp³-hybridized carbons (Fsp3) is 0.308. The van der Waals surface area contributed by atoms with Gasteiger partial charge in [0, 0.05) is 10.6 Å². The van der Waals surface area contributed by atoms with E-state index in [-0.39, 0.29) is 0 Å². The second-order valence-corrected chi connectivity index (χ2v) is 5.04. The number of para-hydroxylation sites is 1. The number of hydrogen-bond donors (Lipinski definition) is 1. The first-order chi connectivity index (χ1) is 8.08. The first-order valence-corrected chi connectivity index (χ1v) is 6.47. The van der Waals surface area contributed by atoms with Gasteiger partial charge in [0.15, 0.2) is 0 Å². The molecule has 0 aliphatic rings. The lowest BCUT2D eigenvalue weighted by molar-refractivity contribution is 0.489. The Balaban J connectivity index is 2.10. The molecule has 0 fully saturated rings. The molecule has 0 amide bonds. The summed E-state index contributed by atoms with van der Waals surface area (Å²) in [6.45, 7) is 5.89. The van der Waals surface area contributed by atoms with Crippen molar-refractivity contribution in [3.8, 4) is 0 Å². The summed E-state index contributed by atoms with van der Waals surface area (Å²) < 4.78 is 5.53. The number of nitrogens with two attached hydrogens (primary N) is 1. The molecule has 1 heterocycles.